The van der Waals surface area contributed by atoms with Crippen molar-refractivity contribution in [1.29, 1.82) is 0 Å². The summed E-state index contributed by atoms with van der Waals surface area (Å²) in [5.74, 6) is -0.834. The highest BCUT2D eigenvalue weighted by atomic mass is 32.2. The number of likely N-dealkylation sites (N-methyl/N-ethyl adjacent to an activating group) is 1. The van der Waals surface area contributed by atoms with Crippen LogP contribution in [0.5, 0.6) is 0 Å². The molecule has 3 rings (SSSR count). The second-order valence-corrected chi connectivity index (χ2v) is 9.90. The number of anilines is 1. The molecule has 1 aliphatic rings. The van der Waals surface area contributed by atoms with Gasteiger partial charge in [-0.15, -0.1) is 0 Å². The SMILES string of the molecule is CCCCS(=O)(=O)Cc1cc(NC(=O)C2C(=O)c3ccccc3SN2C)no1. The number of unbranched alkanes of at least 4 members (excludes halogenated alkanes) is 1. The summed E-state index contributed by atoms with van der Waals surface area (Å²) in [7, 11) is -1.63. The predicted molar refractivity (Wildman–Crippen MR) is 106 cm³/mol. The maximum Gasteiger partial charge on any atom is 0.251 e. The fourth-order valence-electron chi connectivity index (χ4n) is 2.84. The molecule has 1 amide bonds. The molecular weight excluding hydrogens is 402 g/mol. The Bertz CT molecular complexity index is 987. The van der Waals surface area contributed by atoms with E-state index in [-0.39, 0.29) is 28.9 Å². The van der Waals surface area contributed by atoms with E-state index in [1.165, 1.54) is 18.0 Å². The Labute approximate surface area is 167 Å². The zero-order valence-electron chi connectivity index (χ0n) is 15.5. The van der Waals surface area contributed by atoms with E-state index in [1.807, 2.05) is 19.1 Å². The average molecular weight is 424 g/mol. The molecule has 0 saturated carbocycles. The van der Waals surface area contributed by atoms with Gasteiger partial charge in [-0.1, -0.05) is 36.7 Å². The first kappa shape index (κ1) is 20.6. The van der Waals surface area contributed by atoms with E-state index < -0.39 is 21.8 Å². The minimum atomic E-state index is -3.30. The zero-order valence-corrected chi connectivity index (χ0v) is 17.2. The number of benzene rings is 1. The van der Waals surface area contributed by atoms with Crippen molar-refractivity contribution in [3.05, 3.63) is 41.7 Å². The van der Waals surface area contributed by atoms with Crippen LogP contribution < -0.4 is 5.32 Å². The molecule has 1 unspecified atom stereocenters. The third-order valence-corrected chi connectivity index (χ3v) is 6.92. The molecular formula is C18H21N3O5S2. The molecule has 1 aromatic carbocycles. The average Bonchev–Trinajstić information content (AvgIpc) is 3.06. The highest BCUT2D eigenvalue weighted by Gasteiger charge is 2.37. The molecule has 2 aromatic rings. The van der Waals surface area contributed by atoms with Gasteiger partial charge < -0.3 is 9.84 Å². The molecule has 2 heterocycles. The Kier molecular flexibility index (Phi) is 6.21. The minimum Gasteiger partial charge on any atom is -0.358 e. The van der Waals surface area contributed by atoms with Crippen LogP contribution in [0.15, 0.2) is 39.8 Å². The third kappa shape index (κ3) is 4.62. The van der Waals surface area contributed by atoms with Crippen molar-refractivity contribution < 1.29 is 22.5 Å². The van der Waals surface area contributed by atoms with E-state index in [0.717, 1.165) is 11.3 Å². The predicted octanol–water partition coefficient (Wildman–Crippen LogP) is 2.53. The molecule has 0 bridgehead atoms. The third-order valence-electron chi connectivity index (χ3n) is 4.24. The number of nitrogens with one attached hydrogen (secondary N) is 1. The van der Waals surface area contributed by atoms with Crippen molar-refractivity contribution >= 4 is 39.3 Å². The van der Waals surface area contributed by atoms with Crippen molar-refractivity contribution in [1.82, 2.24) is 9.46 Å². The van der Waals surface area contributed by atoms with Crippen LogP contribution in [0.25, 0.3) is 0 Å². The molecule has 150 valence electrons. The second kappa shape index (κ2) is 8.46. The number of Topliss-reactive ketones (excluding diaryl/α,β-unsaturated/α-hetero) is 1. The summed E-state index contributed by atoms with van der Waals surface area (Å²) in [4.78, 5) is 26.2. The number of carbonyl (C=O) groups excluding carboxylic acids is 2. The molecule has 0 aliphatic carbocycles. The lowest BCUT2D eigenvalue weighted by atomic mass is 10.0. The topological polar surface area (TPSA) is 110 Å². The quantitative estimate of drug-likeness (QED) is 0.534. The number of fused-ring (bicyclic) bond motifs is 1. The van der Waals surface area contributed by atoms with Gasteiger partial charge in [0.25, 0.3) is 5.91 Å². The Hall–Kier alpha value is -2.17. The maximum absolute atomic E-state index is 12.7. The first-order chi connectivity index (χ1) is 13.3. The Morgan fingerprint density at radius 2 is 2.11 bits per heavy atom. The van der Waals surface area contributed by atoms with Crippen LogP contribution in [0.3, 0.4) is 0 Å². The van der Waals surface area contributed by atoms with Crippen molar-refractivity contribution in [3.8, 4) is 0 Å². The van der Waals surface area contributed by atoms with Crippen molar-refractivity contribution in [2.75, 3.05) is 18.1 Å². The summed E-state index contributed by atoms with van der Waals surface area (Å²) in [6, 6.07) is 7.45. The largest absolute Gasteiger partial charge is 0.358 e. The minimum absolute atomic E-state index is 0.0733. The molecule has 0 radical (unpaired) electrons. The molecule has 10 heteroatoms. The van der Waals surface area contributed by atoms with Crippen LogP contribution in [0.4, 0.5) is 5.82 Å². The number of aromatic nitrogens is 1. The number of nitrogens with zero attached hydrogens (tertiary/aromatic N) is 2. The molecule has 0 saturated heterocycles. The van der Waals surface area contributed by atoms with Gasteiger partial charge in [0.2, 0.25) is 0 Å². The van der Waals surface area contributed by atoms with Gasteiger partial charge in [0, 0.05) is 16.5 Å². The fraction of sp³-hybridized carbons (Fsp3) is 0.389. The molecule has 1 aromatic heterocycles. The summed E-state index contributed by atoms with van der Waals surface area (Å²) in [6.45, 7) is 1.91. The monoisotopic (exact) mass is 423 g/mol. The first-order valence-electron chi connectivity index (χ1n) is 8.81. The Balaban J connectivity index is 1.69. The highest BCUT2D eigenvalue weighted by Crippen LogP contribution is 2.34. The molecule has 28 heavy (non-hydrogen) atoms. The Morgan fingerprint density at radius 1 is 1.36 bits per heavy atom. The van der Waals surface area contributed by atoms with Gasteiger partial charge in [-0.2, -0.15) is 0 Å². The number of sulfone groups is 1. The fourth-order valence-corrected chi connectivity index (χ4v) is 5.30. The summed E-state index contributed by atoms with van der Waals surface area (Å²) in [6.07, 6.45) is 1.36. The second-order valence-electron chi connectivity index (χ2n) is 6.51. The lowest BCUT2D eigenvalue weighted by Gasteiger charge is -2.30. The number of rotatable bonds is 7. The number of hydrogen-bond acceptors (Lipinski definition) is 8. The smallest absolute Gasteiger partial charge is 0.251 e. The van der Waals surface area contributed by atoms with Crippen LogP contribution in [0, 0.1) is 0 Å². The van der Waals surface area contributed by atoms with E-state index in [1.54, 1.807) is 23.5 Å². The standard InChI is InChI=1S/C18H21N3O5S2/c1-3-4-9-28(24,25)11-12-10-15(20-26-12)19-18(23)16-17(22)13-7-5-6-8-14(13)27-21(16)2/h5-8,10,16H,3-4,9,11H2,1-2H3,(H,19,20,23). The van der Waals surface area contributed by atoms with Gasteiger partial charge >= 0.3 is 0 Å². The zero-order chi connectivity index (χ0) is 20.3. The molecule has 0 fully saturated rings. The van der Waals surface area contributed by atoms with Crippen LogP contribution in [-0.2, 0) is 20.4 Å². The molecule has 1 atom stereocenters. The van der Waals surface area contributed by atoms with Gasteiger partial charge in [0.15, 0.2) is 33.2 Å². The number of amides is 1. The highest BCUT2D eigenvalue weighted by molar-refractivity contribution is 7.97. The summed E-state index contributed by atoms with van der Waals surface area (Å²) in [5.41, 5.74) is 0.494. The van der Waals surface area contributed by atoms with E-state index in [4.69, 9.17) is 4.52 Å². The van der Waals surface area contributed by atoms with Gasteiger partial charge in [0.05, 0.1) is 5.75 Å². The van der Waals surface area contributed by atoms with Crippen LogP contribution in [-0.4, -0.2) is 48.4 Å². The summed E-state index contributed by atoms with van der Waals surface area (Å²) < 4.78 is 30.6. The number of carbonyl (C=O) groups is 2. The normalized spacial score (nSPS) is 17.4. The van der Waals surface area contributed by atoms with Crippen molar-refractivity contribution in [2.45, 2.75) is 36.5 Å². The molecule has 1 aliphatic heterocycles. The van der Waals surface area contributed by atoms with Gasteiger partial charge in [-0.3, -0.25) is 9.59 Å². The first-order valence-corrected chi connectivity index (χ1v) is 11.4. The van der Waals surface area contributed by atoms with E-state index in [9.17, 15) is 18.0 Å². The van der Waals surface area contributed by atoms with Gasteiger partial charge in [0.1, 0.15) is 5.75 Å². The van der Waals surface area contributed by atoms with E-state index in [2.05, 4.69) is 10.5 Å². The molecule has 8 nitrogen and oxygen atoms in total. The molecule has 1 N–H and O–H groups in total. The van der Waals surface area contributed by atoms with E-state index in [0.29, 0.717) is 12.0 Å². The number of ketones is 1. The maximum atomic E-state index is 12.7. The summed E-state index contributed by atoms with van der Waals surface area (Å²) >= 11 is 1.31. The van der Waals surface area contributed by atoms with E-state index >= 15 is 0 Å². The van der Waals surface area contributed by atoms with Crippen LogP contribution in [0.2, 0.25) is 0 Å². The Morgan fingerprint density at radius 3 is 2.86 bits per heavy atom. The number of hydrogen-bond donors (Lipinski definition) is 1. The van der Waals surface area contributed by atoms with Crippen LogP contribution >= 0.6 is 11.9 Å². The lowest BCUT2D eigenvalue weighted by molar-refractivity contribution is -0.118. The van der Waals surface area contributed by atoms with Gasteiger partial charge in [-0.25, -0.2) is 12.7 Å². The summed E-state index contributed by atoms with van der Waals surface area (Å²) in [5, 5.41) is 6.24. The lowest BCUT2D eigenvalue weighted by Crippen LogP contribution is -2.46. The van der Waals surface area contributed by atoms with Crippen molar-refractivity contribution in [2.24, 2.45) is 0 Å². The van der Waals surface area contributed by atoms with Crippen LogP contribution in [0.1, 0.15) is 35.9 Å². The molecule has 0 spiro atoms. The van der Waals surface area contributed by atoms with Gasteiger partial charge in [-0.05, 0) is 31.5 Å². The van der Waals surface area contributed by atoms with Crippen molar-refractivity contribution in [3.63, 3.8) is 0 Å².